The van der Waals surface area contributed by atoms with Gasteiger partial charge in [-0.2, -0.15) is 0 Å². The lowest BCUT2D eigenvalue weighted by atomic mass is 9.89. The lowest BCUT2D eigenvalue weighted by Crippen LogP contribution is -2.43. The van der Waals surface area contributed by atoms with Crippen LogP contribution in [0.4, 0.5) is 10.1 Å². The molecular formula is C18H21FN2O5. The number of carboxylic acids is 1. The van der Waals surface area contributed by atoms with Crippen LogP contribution >= 0.6 is 0 Å². The van der Waals surface area contributed by atoms with E-state index in [-0.39, 0.29) is 43.0 Å². The molecule has 2 aliphatic rings. The molecule has 0 bridgehead atoms. The zero-order valence-corrected chi connectivity index (χ0v) is 14.2. The topological polar surface area (TPSA) is 95.9 Å². The lowest BCUT2D eigenvalue weighted by molar-refractivity contribution is -0.140. The van der Waals surface area contributed by atoms with Crippen LogP contribution in [0.25, 0.3) is 0 Å². The molecule has 2 atom stereocenters. The zero-order chi connectivity index (χ0) is 18.7. The first-order chi connectivity index (χ1) is 12.4. The van der Waals surface area contributed by atoms with Gasteiger partial charge in [0, 0.05) is 31.8 Å². The number of carbonyl (C=O) groups is 3. The Balaban J connectivity index is 1.82. The van der Waals surface area contributed by atoms with Crippen LogP contribution < -0.4 is 5.32 Å². The van der Waals surface area contributed by atoms with E-state index in [4.69, 9.17) is 9.84 Å². The summed E-state index contributed by atoms with van der Waals surface area (Å²) in [5.74, 6) is -2.95. The predicted molar refractivity (Wildman–Crippen MR) is 90.2 cm³/mol. The first kappa shape index (κ1) is 18.3. The van der Waals surface area contributed by atoms with Crippen molar-refractivity contribution in [2.75, 3.05) is 25.0 Å². The number of ether oxygens (including phenoxy) is 1. The standard InChI is InChI=1S/C18H21FN2O5/c19-11-3-4-13-14(9-16(22)20-15(13)8-11)18(25)21(6-5-17(23)24)10-12-2-1-7-26-12/h3-4,8,12,14H,1-2,5-7,9-10H2,(H,20,22)(H,23,24)/t12-,14-/m1/s1. The van der Waals surface area contributed by atoms with Crippen molar-refractivity contribution in [1.82, 2.24) is 4.90 Å². The normalized spacial score (nSPS) is 21.8. The zero-order valence-electron chi connectivity index (χ0n) is 14.2. The van der Waals surface area contributed by atoms with Gasteiger partial charge >= 0.3 is 5.97 Å². The van der Waals surface area contributed by atoms with Crippen LogP contribution in [0.3, 0.4) is 0 Å². The number of carbonyl (C=O) groups excluding carboxylic acids is 2. The van der Waals surface area contributed by atoms with E-state index in [1.54, 1.807) is 0 Å². The molecule has 8 heteroatoms. The molecule has 0 aliphatic carbocycles. The third-order valence-electron chi connectivity index (χ3n) is 4.71. The summed E-state index contributed by atoms with van der Waals surface area (Å²) in [6.45, 7) is 0.961. The van der Waals surface area contributed by atoms with Crippen molar-refractivity contribution in [3.05, 3.63) is 29.6 Å². The van der Waals surface area contributed by atoms with Gasteiger partial charge in [-0.1, -0.05) is 6.07 Å². The number of nitrogens with zero attached hydrogens (tertiary/aromatic N) is 1. The van der Waals surface area contributed by atoms with Gasteiger partial charge in [0.2, 0.25) is 11.8 Å². The van der Waals surface area contributed by atoms with Crippen LogP contribution in [-0.2, 0) is 19.1 Å². The molecule has 1 saturated heterocycles. The van der Waals surface area contributed by atoms with E-state index in [2.05, 4.69) is 5.32 Å². The summed E-state index contributed by atoms with van der Waals surface area (Å²) in [6, 6.07) is 3.93. The molecule has 3 rings (SSSR count). The number of carboxylic acid groups (broad SMARTS) is 1. The number of rotatable bonds is 6. The number of nitrogens with one attached hydrogen (secondary N) is 1. The number of halogens is 1. The van der Waals surface area contributed by atoms with Gasteiger partial charge in [0.15, 0.2) is 0 Å². The van der Waals surface area contributed by atoms with Gasteiger partial charge in [-0.15, -0.1) is 0 Å². The van der Waals surface area contributed by atoms with E-state index >= 15 is 0 Å². The van der Waals surface area contributed by atoms with Crippen LogP contribution in [0.5, 0.6) is 0 Å². The minimum Gasteiger partial charge on any atom is -0.481 e. The van der Waals surface area contributed by atoms with E-state index in [1.165, 1.54) is 23.1 Å². The van der Waals surface area contributed by atoms with Crippen LogP contribution in [0.15, 0.2) is 18.2 Å². The minimum atomic E-state index is -1.00. The lowest BCUT2D eigenvalue weighted by Gasteiger charge is -2.31. The fraction of sp³-hybridized carbons (Fsp3) is 0.500. The van der Waals surface area contributed by atoms with Crippen molar-refractivity contribution in [3.8, 4) is 0 Å². The molecule has 0 radical (unpaired) electrons. The van der Waals surface area contributed by atoms with Crippen LogP contribution in [-0.4, -0.2) is 53.6 Å². The maximum Gasteiger partial charge on any atom is 0.305 e. The molecule has 7 nitrogen and oxygen atoms in total. The van der Waals surface area contributed by atoms with Gasteiger partial charge < -0.3 is 20.1 Å². The van der Waals surface area contributed by atoms with E-state index in [0.717, 1.165) is 12.8 Å². The van der Waals surface area contributed by atoms with Gasteiger partial charge in [-0.05, 0) is 30.5 Å². The second kappa shape index (κ2) is 7.82. The molecule has 2 N–H and O–H groups in total. The third-order valence-corrected chi connectivity index (χ3v) is 4.71. The highest BCUT2D eigenvalue weighted by Gasteiger charge is 2.35. The average Bonchev–Trinajstić information content (AvgIpc) is 3.09. The molecule has 0 aromatic heterocycles. The summed E-state index contributed by atoms with van der Waals surface area (Å²) in [6.07, 6.45) is 1.35. The van der Waals surface area contributed by atoms with E-state index in [1.807, 2.05) is 0 Å². The summed E-state index contributed by atoms with van der Waals surface area (Å²) >= 11 is 0. The molecule has 0 spiro atoms. The van der Waals surface area contributed by atoms with Crippen molar-refractivity contribution in [2.45, 2.75) is 37.7 Å². The molecule has 1 fully saturated rings. The second-order valence-corrected chi connectivity index (χ2v) is 6.60. The number of fused-ring (bicyclic) bond motifs is 1. The Morgan fingerprint density at radius 3 is 2.88 bits per heavy atom. The second-order valence-electron chi connectivity index (χ2n) is 6.60. The van der Waals surface area contributed by atoms with Crippen LogP contribution in [0, 0.1) is 5.82 Å². The summed E-state index contributed by atoms with van der Waals surface area (Å²) in [5.41, 5.74) is 0.832. The summed E-state index contributed by atoms with van der Waals surface area (Å²) in [7, 11) is 0. The highest BCUT2D eigenvalue weighted by molar-refractivity contribution is 6.01. The fourth-order valence-corrected chi connectivity index (χ4v) is 3.43. The van der Waals surface area contributed by atoms with Crippen molar-refractivity contribution >= 4 is 23.5 Å². The Labute approximate surface area is 150 Å². The molecule has 2 heterocycles. The first-order valence-corrected chi connectivity index (χ1v) is 8.65. The van der Waals surface area contributed by atoms with Crippen LogP contribution in [0.1, 0.15) is 37.2 Å². The molecule has 2 amide bonds. The van der Waals surface area contributed by atoms with Gasteiger partial charge in [0.05, 0.1) is 18.4 Å². The maximum absolute atomic E-state index is 13.5. The van der Waals surface area contributed by atoms with Gasteiger partial charge in [0.25, 0.3) is 0 Å². The number of benzene rings is 1. The van der Waals surface area contributed by atoms with Gasteiger partial charge in [-0.3, -0.25) is 14.4 Å². The molecular weight excluding hydrogens is 343 g/mol. The number of aliphatic carboxylic acids is 1. The highest BCUT2D eigenvalue weighted by atomic mass is 19.1. The Bertz CT molecular complexity index is 718. The minimum absolute atomic E-state index is 0.0443. The molecule has 26 heavy (non-hydrogen) atoms. The smallest absolute Gasteiger partial charge is 0.305 e. The number of hydrogen-bond acceptors (Lipinski definition) is 4. The number of amides is 2. The Hall–Kier alpha value is -2.48. The van der Waals surface area contributed by atoms with E-state index < -0.39 is 17.7 Å². The summed E-state index contributed by atoms with van der Waals surface area (Å²) in [5, 5.41) is 11.6. The predicted octanol–water partition coefficient (Wildman–Crippen LogP) is 1.73. The highest BCUT2D eigenvalue weighted by Crippen LogP contribution is 2.34. The van der Waals surface area contributed by atoms with E-state index in [9.17, 15) is 18.8 Å². The molecule has 0 saturated carbocycles. The molecule has 140 valence electrons. The quantitative estimate of drug-likeness (QED) is 0.801. The van der Waals surface area contributed by atoms with Crippen molar-refractivity contribution < 1.29 is 28.6 Å². The maximum atomic E-state index is 13.5. The van der Waals surface area contributed by atoms with Gasteiger partial charge in [0.1, 0.15) is 5.82 Å². The Morgan fingerprint density at radius 1 is 1.38 bits per heavy atom. The third kappa shape index (κ3) is 4.19. The SMILES string of the molecule is O=C(O)CCN(C[C@H]1CCCO1)C(=O)[C@@H]1CC(=O)Nc2cc(F)ccc21. The first-order valence-electron chi connectivity index (χ1n) is 8.65. The molecule has 2 aliphatic heterocycles. The van der Waals surface area contributed by atoms with E-state index in [0.29, 0.717) is 18.7 Å². The monoisotopic (exact) mass is 364 g/mol. The number of hydrogen-bond donors (Lipinski definition) is 2. The molecule has 1 aromatic carbocycles. The molecule has 1 aromatic rings. The fourth-order valence-electron chi connectivity index (χ4n) is 3.43. The van der Waals surface area contributed by atoms with Crippen molar-refractivity contribution in [3.63, 3.8) is 0 Å². The number of anilines is 1. The summed E-state index contributed by atoms with van der Waals surface area (Å²) in [4.78, 5) is 37.5. The van der Waals surface area contributed by atoms with Crippen LogP contribution in [0.2, 0.25) is 0 Å². The Kier molecular flexibility index (Phi) is 5.51. The van der Waals surface area contributed by atoms with Gasteiger partial charge in [-0.25, -0.2) is 4.39 Å². The average molecular weight is 364 g/mol. The van der Waals surface area contributed by atoms with Crippen molar-refractivity contribution in [2.24, 2.45) is 0 Å². The largest absolute Gasteiger partial charge is 0.481 e. The Morgan fingerprint density at radius 2 is 2.19 bits per heavy atom. The molecule has 0 unspecified atom stereocenters. The van der Waals surface area contributed by atoms with Crippen molar-refractivity contribution in [1.29, 1.82) is 0 Å². The summed E-state index contributed by atoms with van der Waals surface area (Å²) < 4.78 is 19.0.